The number of ether oxygens (including phenoxy) is 1. The molecule has 16 heavy (non-hydrogen) atoms. The third-order valence-electron chi connectivity index (χ3n) is 3.32. The maximum Gasteiger partial charge on any atom is 0.0921 e. The monoisotopic (exact) mass is 227 g/mol. The van der Waals surface area contributed by atoms with Crippen LogP contribution in [0.2, 0.25) is 0 Å². The minimum atomic E-state index is 0.304. The van der Waals surface area contributed by atoms with E-state index in [2.05, 4.69) is 18.7 Å². The van der Waals surface area contributed by atoms with Gasteiger partial charge in [0.25, 0.3) is 0 Å². The second-order valence-electron chi connectivity index (χ2n) is 4.48. The Morgan fingerprint density at radius 1 is 1.44 bits per heavy atom. The Labute approximate surface area is 98.6 Å². The molecule has 0 spiro atoms. The summed E-state index contributed by atoms with van der Waals surface area (Å²) in [5.41, 5.74) is 5.48. The molecule has 0 aromatic carbocycles. The minimum Gasteiger partial charge on any atom is -0.388 e. The fourth-order valence-corrected chi connectivity index (χ4v) is 2.43. The van der Waals surface area contributed by atoms with E-state index in [-0.39, 0.29) is 0 Å². The van der Waals surface area contributed by atoms with Crippen molar-refractivity contribution < 1.29 is 4.74 Å². The molecule has 0 saturated carbocycles. The second kappa shape index (κ2) is 6.86. The fraction of sp³-hybridized carbons (Fsp3) is 0.917. The van der Waals surface area contributed by atoms with Crippen LogP contribution in [0.1, 0.15) is 39.5 Å². The highest BCUT2D eigenvalue weighted by atomic mass is 16.5. The van der Waals surface area contributed by atoms with Crippen LogP contribution in [0.25, 0.3) is 0 Å². The van der Waals surface area contributed by atoms with E-state index in [9.17, 15) is 0 Å². The van der Waals surface area contributed by atoms with Crippen molar-refractivity contribution in [3.05, 3.63) is 0 Å². The van der Waals surface area contributed by atoms with Crippen molar-refractivity contribution in [1.29, 1.82) is 5.41 Å². The molecule has 1 atom stereocenters. The van der Waals surface area contributed by atoms with Crippen LogP contribution in [0.3, 0.4) is 0 Å². The first-order valence-corrected chi connectivity index (χ1v) is 6.35. The summed E-state index contributed by atoms with van der Waals surface area (Å²) in [6, 6.07) is 0.445. The molecule has 1 fully saturated rings. The summed E-state index contributed by atoms with van der Waals surface area (Å²) in [5.74, 6) is 0.304. The summed E-state index contributed by atoms with van der Waals surface area (Å²) in [7, 11) is 0. The van der Waals surface area contributed by atoms with E-state index in [1.807, 2.05) is 0 Å². The Kier molecular flexibility index (Phi) is 5.77. The van der Waals surface area contributed by atoms with E-state index in [1.54, 1.807) is 0 Å². The number of nitrogens with one attached hydrogen (secondary N) is 1. The molecule has 4 nitrogen and oxygen atoms in total. The number of amidine groups is 1. The van der Waals surface area contributed by atoms with Gasteiger partial charge in [0.05, 0.1) is 11.9 Å². The van der Waals surface area contributed by atoms with Gasteiger partial charge in [-0.2, -0.15) is 0 Å². The van der Waals surface area contributed by atoms with Crippen molar-refractivity contribution >= 4 is 5.84 Å². The Hall–Kier alpha value is -0.610. The average molecular weight is 227 g/mol. The molecular formula is C12H25N3O. The van der Waals surface area contributed by atoms with Crippen LogP contribution in [0.4, 0.5) is 0 Å². The lowest BCUT2D eigenvalue weighted by atomic mass is 10.0. The average Bonchev–Trinajstić information content (AvgIpc) is 2.27. The molecule has 0 aromatic rings. The second-order valence-corrected chi connectivity index (χ2v) is 4.48. The highest BCUT2D eigenvalue weighted by molar-refractivity contribution is 5.77. The van der Waals surface area contributed by atoms with Gasteiger partial charge >= 0.3 is 0 Å². The highest BCUT2D eigenvalue weighted by Gasteiger charge is 2.24. The van der Waals surface area contributed by atoms with E-state index in [0.29, 0.717) is 24.4 Å². The standard InChI is InChI=1S/C12H25N3O/c1-3-10(9-12(13)14)15-7-5-11(6-8-15)16-4-2/h10-11H,3-9H2,1-2H3,(H3,13,14). The van der Waals surface area contributed by atoms with Gasteiger partial charge in [0.15, 0.2) is 0 Å². The van der Waals surface area contributed by atoms with E-state index >= 15 is 0 Å². The number of likely N-dealkylation sites (tertiary alicyclic amines) is 1. The van der Waals surface area contributed by atoms with Gasteiger partial charge in [-0.3, -0.25) is 10.3 Å². The first-order chi connectivity index (χ1) is 7.67. The van der Waals surface area contributed by atoms with E-state index < -0.39 is 0 Å². The van der Waals surface area contributed by atoms with Crippen LogP contribution in [-0.2, 0) is 4.74 Å². The summed E-state index contributed by atoms with van der Waals surface area (Å²) in [4.78, 5) is 2.46. The lowest BCUT2D eigenvalue weighted by Gasteiger charge is -2.37. The summed E-state index contributed by atoms with van der Waals surface area (Å²) in [6.07, 6.45) is 4.44. The normalized spacial score (nSPS) is 20.9. The highest BCUT2D eigenvalue weighted by Crippen LogP contribution is 2.18. The van der Waals surface area contributed by atoms with Gasteiger partial charge in [0.2, 0.25) is 0 Å². The molecule has 1 unspecified atom stereocenters. The van der Waals surface area contributed by atoms with E-state index in [1.165, 1.54) is 0 Å². The van der Waals surface area contributed by atoms with Gasteiger partial charge in [0.1, 0.15) is 0 Å². The van der Waals surface area contributed by atoms with Crippen LogP contribution in [0, 0.1) is 5.41 Å². The first-order valence-electron chi connectivity index (χ1n) is 6.35. The molecule has 1 aliphatic heterocycles. The fourth-order valence-electron chi connectivity index (χ4n) is 2.43. The zero-order valence-corrected chi connectivity index (χ0v) is 10.5. The van der Waals surface area contributed by atoms with E-state index in [0.717, 1.165) is 39.0 Å². The van der Waals surface area contributed by atoms with Crippen molar-refractivity contribution in [1.82, 2.24) is 4.90 Å². The lowest BCUT2D eigenvalue weighted by molar-refractivity contribution is 0.00423. The molecule has 0 amide bonds. The van der Waals surface area contributed by atoms with Crippen molar-refractivity contribution in [3.63, 3.8) is 0 Å². The van der Waals surface area contributed by atoms with Crippen LogP contribution in [-0.4, -0.2) is 42.6 Å². The number of nitrogens with zero attached hydrogens (tertiary/aromatic N) is 1. The summed E-state index contributed by atoms with van der Waals surface area (Å²) in [5, 5.41) is 7.38. The molecular weight excluding hydrogens is 202 g/mol. The third-order valence-corrected chi connectivity index (χ3v) is 3.32. The Morgan fingerprint density at radius 3 is 2.50 bits per heavy atom. The van der Waals surface area contributed by atoms with Gasteiger partial charge in [-0.25, -0.2) is 0 Å². The summed E-state index contributed by atoms with van der Waals surface area (Å²) in [6.45, 7) is 7.20. The molecule has 94 valence electrons. The largest absolute Gasteiger partial charge is 0.388 e. The summed E-state index contributed by atoms with van der Waals surface area (Å²) >= 11 is 0. The third kappa shape index (κ3) is 4.10. The van der Waals surface area contributed by atoms with Gasteiger partial charge in [-0.15, -0.1) is 0 Å². The molecule has 0 bridgehead atoms. The van der Waals surface area contributed by atoms with Crippen LogP contribution in [0.15, 0.2) is 0 Å². The van der Waals surface area contributed by atoms with Gasteiger partial charge in [-0.1, -0.05) is 6.92 Å². The zero-order chi connectivity index (χ0) is 12.0. The van der Waals surface area contributed by atoms with Crippen molar-refractivity contribution in [3.8, 4) is 0 Å². The number of nitrogens with two attached hydrogens (primary N) is 1. The molecule has 3 N–H and O–H groups in total. The van der Waals surface area contributed by atoms with Gasteiger partial charge in [-0.05, 0) is 26.2 Å². The van der Waals surface area contributed by atoms with Crippen molar-refractivity contribution in [2.45, 2.75) is 51.7 Å². The SMILES string of the molecule is CCOC1CCN(C(CC)CC(=N)N)CC1. The van der Waals surface area contributed by atoms with Gasteiger partial charge < -0.3 is 10.5 Å². The smallest absolute Gasteiger partial charge is 0.0921 e. The lowest BCUT2D eigenvalue weighted by Crippen LogP contribution is -2.44. The molecule has 0 radical (unpaired) electrons. The van der Waals surface area contributed by atoms with E-state index in [4.69, 9.17) is 15.9 Å². The Morgan fingerprint density at radius 2 is 2.06 bits per heavy atom. The first kappa shape index (κ1) is 13.5. The number of piperidine rings is 1. The van der Waals surface area contributed by atoms with Gasteiger partial charge in [0, 0.05) is 32.2 Å². The van der Waals surface area contributed by atoms with Crippen LogP contribution < -0.4 is 5.73 Å². The summed E-state index contributed by atoms with van der Waals surface area (Å²) < 4.78 is 5.63. The maximum absolute atomic E-state index is 7.38. The molecule has 1 aliphatic rings. The van der Waals surface area contributed by atoms with Crippen molar-refractivity contribution in [2.75, 3.05) is 19.7 Å². The quantitative estimate of drug-likeness (QED) is 0.535. The minimum absolute atomic E-state index is 0.304. The molecule has 1 heterocycles. The Balaban J connectivity index is 2.35. The maximum atomic E-state index is 7.38. The number of rotatable bonds is 6. The predicted molar refractivity (Wildman–Crippen MR) is 66.8 cm³/mol. The molecule has 1 saturated heterocycles. The van der Waals surface area contributed by atoms with Crippen LogP contribution in [0.5, 0.6) is 0 Å². The molecule has 0 aliphatic carbocycles. The number of hydrogen-bond acceptors (Lipinski definition) is 3. The molecule has 0 aromatic heterocycles. The van der Waals surface area contributed by atoms with Crippen molar-refractivity contribution in [2.24, 2.45) is 5.73 Å². The van der Waals surface area contributed by atoms with Crippen LogP contribution >= 0.6 is 0 Å². The molecule has 4 heteroatoms. The topological polar surface area (TPSA) is 62.3 Å². The number of hydrogen-bond donors (Lipinski definition) is 2. The Bertz CT molecular complexity index is 212. The molecule has 1 rings (SSSR count). The predicted octanol–water partition coefficient (Wildman–Crippen LogP) is 1.59. The zero-order valence-electron chi connectivity index (χ0n) is 10.5.